The molecule has 0 aliphatic heterocycles. The molecule has 0 fully saturated rings. The average molecular weight is 805 g/mol. The van der Waals surface area contributed by atoms with Gasteiger partial charge in [-0.05, 0) is 56.8 Å². The lowest BCUT2D eigenvalue weighted by Crippen LogP contribution is -2.31. The molecule has 0 aromatic carbocycles. The van der Waals surface area contributed by atoms with Crippen molar-refractivity contribution in [2.75, 3.05) is 38.7 Å². The standard InChI is InChI=1S/C42H82N2O8S2/c1-5-7-9-11-17-23-29-39(31-25-19-13-15-21-27-33-41(45)43(3)35-37-53(47,48)49)40(30-24-18-12-10-8-6-2)32-26-20-14-16-22-28-34-42(46)44(4)36-38-54(50,51)52/h25,31,39-40H,5-24,26-30,32-38H2,1-4H3,(H,47,48,49)(H,50,51,52)/p-2/b31-25+. The van der Waals surface area contributed by atoms with E-state index in [0.29, 0.717) is 24.7 Å². The second kappa shape index (κ2) is 33.6. The van der Waals surface area contributed by atoms with Crippen LogP contribution in [0.5, 0.6) is 0 Å². The van der Waals surface area contributed by atoms with E-state index >= 15 is 0 Å². The lowest BCUT2D eigenvalue weighted by molar-refractivity contribution is -0.130. The van der Waals surface area contributed by atoms with Crippen molar-refractivity contribution in [3.8, 4) is 0 Å². The Balaban J connectivity index is 4.97. The first-order valence-electron chi connectivity index (χ1n) is 21.7. The lowest BCUT2D eigenvalue weighted by atomic mass is 9.80. The third-order valence-corrected chi connectivity index (χ3v) is 12.1. The van der Waals surface area contributed by atoms with Crippen molar-refractivity contribution >= 4 is 32.1 Å². The summed E-state index contributed by atoms with van der Waals surface area (Å²) in [6, 6.07) is 0. The molecule has 0 saturated carbocycles. The molecular formula is C42H80N2O8S2-2. The SMILES string of the molecule is CCCCCCCCC(/C=C/CCCCCCC(=O)N(C)CCS(=O)(=O)[O-])C(CCCCCCCC)CCCCCCCCC(=O)N(C)CCS(=O)(=O)[O-]. The van der Waals surface area contributed by atoms with E-state index in [1.165, 1.54) is 119 Å². The molecule has 0 N–H and O–H groups in total. The quantitative estimate of drug-likeness (QED) is 0.0339. The van der Waals surface area contributed by atoms with Gasteiger partial charge in [-0.3, -0.25) is 9.59 Å². The monoisotopic (exact) mass is 805 g/mol. The molecule has 0 aliphatic rings. The van der Waals surface area contributed by atoms with Crippen LogP contribution in [0, 0.1) is 11.8 Å². The largest absolute Gasteiger partial charge is 0.748 e. The van der Waals surface area contributed by atoms with Crippen LogP contribution in [0.1, 0.15) is 194 Å². The van der Waals surface area contributed by atoms with Crippen molar-refractivity contribution in [3.63, 3.8) is 0 Å². The zero-order chi connectivity index (χ0) is 40.5. The Morgan fingerprint density at radius 3 is 1.28 bits per heavy atom. The molecule has 2 unspecified atom stereocenters. The zero-order valence-electron chi connectivity index (χ0n) is 34.9. The molecule has 0 rings (SSSR count). The first-order chi connectivity index (χ1) is 25.7. The van der Waals surface area contributed by atoms with Gasteiger partial charge in [0.2, 0.25) is 11.8 Å². The van der Waals surface area contributed by atoms with Crippen LogP contribution in [0.4, 0.5) is 0 Å². The minimum Gasteiger partial charge on any atom is -0.748 e. The van der Waals surface area contributed by atoms with Gasteiger partial charge in [0.25, 0.3) is 0 Å². The van der Waals surface area contributed by atoms with Gasteiger partial charge in [0, 0.05) is 40.0 Å². The number of hydrogen-bond acceptors (Lipinski definition) is 8. The molecular weight excluding hydrogens is 725 g/mol. The molecule has 54 heavy (non-hydrogen) atoms. The van der Waals surface area contributed by atoms with Crippen LogP contribution >= 0.6 is 0 Å². The van der Waals surface area contributed by atoms with E-state index in [2.05, 4.69) is 26.0 Å². The van der Waals surface area contributed by atoms with Gasteiger partial charge in [-0.2, -0.15) is 0 Å². The van der Waals surface area contributed by atoms with Crippen molar-refractivity contribution in [1.29, 1.82) is 0 Å². The van der Waals surface area contributed by atoms with Crippen LogP contribution in [0.2, 0.25) is 0 Å². The number of amides is 2. The van der Waals surface area contributed by atoms with Crippen LogP contribution in [0.25, 0.3) is 0 Å². The Morgan fingerprint density at radius 1 is 0.519 bits per heavy atom. The minimum atomic E-state index is -4.32. The van der Waals surface area contributed by atoms with Gasteiger partial charge in [-0.25, -0.2) is 16.8 Å². The van der Waals surface area contributed by atoms with Crippen molar-refractivity contribution in [1.82, 2.24) is 9.80 Å². The average Bonchev–Trinajstić information content (AvgIpc) is 3.11. The molecule has 0 aromatic rings. The fourth-order valence-electron chi connectivity index (χ4n) is 7.09. The summed E-state index contributed by atoms with van der Waals surface area (Å²) in [4.78, 5) is 27.2. The molecule has 0 radical (unpaired) electrons. The van der Waals surface area contributed by atoms with E-state index in [9.17, 15) is 35.5 Å². The predicted molar refractivity (Wildman–Crippen MR) is 221 cm³/mol. The van der Waals surface area contributed by atoms with Crippen LogP contribution in [-0.2, 0) is 29.8 Å². The number of nitrogens with zero attached hydrogens (tertiary/aromatic N) is 2. The number of hydrogen-bond donors (Lipinski definition) is 0. The molecule has 0 spiro atoms. The van der Waals surface area contributed by atoms with Crippen molar-refractivity contribution in [2.24, 2.45) is 11.8 Å². The van der Waals surface area contributed by atoms with Gasteiger partial charge in [0.05, 0.1) is 31.7 Å². The fraction of sp³-hybridized carbons (Fsp3) is 0.905. The first-order valence-corrected chi connectivity index (χ1v) is 24.9. The lowest BCUT2D eigenvalue weighted by Gasteiger charge is -2.26. The highest BCUT2D eigenvalue weighted by Gasteiger charge is 2.19. The zero-order valence-corrected chi connectivity index (χ0v) is 36.5. The molecule has 0 aromatic heterocycles. The van der Waals surface area contributed by atoms with Gasteiger partial charge in [-0.15, -0.1) is 0 Å². The summed E-state index contributed by atoms with van der Waals surface area (Å²) in [5, 5.41) is 0. The van der Waals surface area contributed by atoms with E-state index in [4.69, 9.17) is 0 Å². The molecule has 0 aliphatic carbocycles. The molecule has 320 valence electrons. The Morgan fingerprint density at radius 2 is 0.870 bits per heavy atom. The van der Waals surface area contributed by atoms with Gasteiger partial charge in [0.15, 0.2) is 0 Å². The normalized spacial score (nSPS) is 13.4. The van der Waals surface area contributed by atoms with Crippen LogP contribution < -0.4 is 0 Å². The maximum atomic E-state index is 12.3. The first kappa shape index (κ1) is 52.5. The van der Waals surface area contributed by atoms with Gasteiger partial charge >= 0.3 is 0 Å². The minimum absolute atomic E-state index is 0.0486. The Hall–Kier alpha value is -1.50. The second-order valence-corrected chi connectivity index (χ2v) is 18.8. The maximum Gasteiger partial charge on any atom is 0.222 e. The highest BCUT2D eigenvalue weighted by molar-refractivity contribution is 7.85. The number of carbonyl (C=O) groups excluding carboxylic acids is 2. The number of unbranched alkanes of at least 4 members (excludes halogenated alkanes) is 19. The highest BCUT2D eigenvalue weighted by Crippen LogP contribution is 2.31. The Kier molecular flexibility index (Phi) is 32.7. The summed E-state index contributed by atoms with van der Waals surface area (Å²) in [7, 11) is -5.53. The van der Waals surface area contributed by atoms with E-state index in [1.807, 2.05) is 0 Å². The molecule has 12 heteroatoms. The summed E-state index contributed by atoms with van der Waals surface area (Å²) in [5.41, 5.74) is 0. The van der Waals surface area contributed by atoms with Crippen LogP contribution in [0.3, 0.4) is 0 Å². The number of carbonyl (C=O) groups is 2. The molecule has 10 nitrogen and oxygen atoms in total. The van der Waals surface area contributed by atoms with E-state index in [0.717, 1.165) is 57.8 Å². The topological polar surface area (TPSA) is 155 Å². The second-order valence-electron chi connectivity index (χ2n) is 15.7. The summed E-state index contributed by atoms with van der Waals surface area (Å²) in [5.74, 6) is 0.00977. The van der Waals surface area contributed by atoms with Crippen LogP contribution in [0.15, 0.2) is 12.2 Å². The van der Waals surface area contributed by atoms with E-state index < -0.39 is 31.7 Å². The summed E-state index contributed by atoms with van der Waals surface area (Å²) >= 11 is 0. The van der Waals surface area contributed by atoms with Gasteiger partial charge in [0.1, 0.15) is 0 Å². The molecule has 2 atom stereocenters. The molecule has 0 saturated heterocycles. The summed E-state index contributed by atoms with van der Waals surface area (Å²) in [6.45, 7) is 4.43. The van der Waals surface area contributed by atoms with Crippen molar-refractivity contribution in [3.05, 3.63) is 12.2 Å². The summed E-state index contributed by atoms with van der Waals surface area (Å²) < 4.78 is 65.1. The number of allylic oxidation sites excluding steroid dienone is 2. The van der Waals surface area contributed by atoms with Crippen molar-refractivity contribution in [2.45, 2.75) is 194 Å². The fourth-order valence-corrected chi connectivity index (χ4v) is 8.09. The predicted octanol–water partition coefficient (Wildman–Crippen LogP) is 9.74. The molecule has 0 bridgehead atoms. The summed E-state index contributed by atoms with van der Waals surface area (Å²) in [6.07, 6.45) is 36.6. The van der Waals surface area contributed by atoms with Crippen molar-refractivity contribution < 1.29 is 35.5 Å². The third-order valence-electron chi connectivity index (χ3n) is 10.7. The van der Waals surface area contributed by atoms with E-state index in [1.54, 1.807) is 14.1 Å². The van der Waals surface area contributed by atoms with Crippen LogP contribution in [-0.4, -0.2) is 86.2 Å². The molecule has 0 heterocycles. The maximum absolute atomic E-state index is 12.3. The Bertz CT molecular complexity index is 1180. The number of rotatable bonds is 38. The molecule has 2 amide bonds. The van der Waals surface area contributed by atoms with E-state index in [-0.39, 0.29) is 24.9 Å². The Labute approximate surface area is 332 Å². The smallest absolute Gasteiger partial charge is 0.222 e. The highest BCUT2D eigenvalue weighted by atomic mass is 32.2. The third kappa shape index (κ3) is 33.8. The van der Waals surface area contributed by atoms with Gasteiger partial charge in [-0.1, -0.05) is 148 Å². The van der Waals surface area contributed by atoms with Gasteiger partial charge < -0.3 is 18.9 Å².